The molecule has 0 saturated heterocycles. The molecule has 0 fully saturated rings. The maximum atomic E-state index is 12.1. The second-order valence-electron chi connectivity index (χ2n) is 5.88. The lowest BCUT2D eigenvalue weighted by molar-refractivity contribution is 0.0944. The minimum Gasteiger partial charge on any atom is -0.350 e. The van der Waals surface area contributed by atoms with Gasteiger partial charge >= 0.3 is 0 Å². The Labute approximate surface area is 130 Å². The Balaban J connectivity index is 1.82. The Hall–Kier alpha value is -2.43. The van der Waals surface area contributed by atoms with E-state index in [1.807, 2.05) is 12.1 Å². The molecule has 0 spiro atoms. The van der Waals surface area contributed by atoms with Gasteiger partial charge in [-0.25, -0.2) is 9.97 Å². The number of rotatable bonds is 4. The van der Waals surface area contributed by atoms with E-state index in [0.29, 0.717) is 24.1 Å². The Morgan fingerprint density at radius 2 is 2.14 bits per heavy atom. The van der Waals surface area contributed by atoms with Crippen LogP contribution in [0.15, 0.2) is 36.5 Å². The Morgan fingerprint density at radius 1 is 1.32 bits per heavy atom. The van der Waals surface area contributed by atoms with Crippen molar-refractivity contribution in [1.82, 2.24) is 15.3 Å². The van der Waals surface area contributed by atoms with Crippen molar-refractivity contribution in [2.45, 2.75) is 20.3 Å². The van der Waals surface area contributed by atoms with Gasteiger partial charge in [-0.15, -0.1) is 0 Å². The zero-order chi connectivity index (χ0) is 15.5. The zero-order valence-corrected chi connectivity index (χ0v) is 12.9. The van der Waals surface area contributed by atoms with Crippen LogP contribution in [0.2, 0.25) is 0 Å². The predicted octanol–water partition coefficient (Wildman–Crippen LogP) is 2.56. The topological polar surface area (TPSA) is 58.1 Å². The number of nitrogens with zero attached hydrogens (tertiary/aromatic N) is 3. The first-order chi connectivity index (χ1) is 10.6. The fourth-order valence-electron chi connectivity index (χ4n) is 2.54. The third-order valence-electron chi connectivity index (χ3n) is 3.67. The summed E-state index contributed by atoms with van der Waals surface area (Å²) in [5.41, 5.74) is 2.83. The zero-order valence-electron chi connectivity index (χ0n) is 12.9. The van der Waals surface area contributed by atoms with Crippen molar-refractivity contribution in [3.05, 3.63) is 47.8 Å². The maximum absolute atomic E-state index is 12.1. The molecule has 1 aliphatic heterocycles. The fourth-order valence-corrected chi connectivity index (χ4v) is 2.54. The summed E-state index contributed by atoms with van der Waals surface area (Å²) in [6.45, 7) is 5.61. The number of aromatic nitrogens is 2. The quantitative estimate of drug-likeness (QED) is 0.942. The van der Waals surface area contributed by atoms with Crippen molar-refractivity contribution in [2.75, 3.05) is 18.0 Å². The molecule has 1 aliphatic rings. The van der Waals surface area contributed by atoms with Crippen molar-refractivity contribution in [1.29, 1.82) is 0 Å². The number of para-hydroxylation sites is 1. The lowest BCUT2D eigenvalue weighted by Crippen LogP contribution is -2.28. The van der Waals surface area contributed by atoms with Gasteiger partial charge in [0.2, 0.25) is 5.95 Å². The molecule has 1 N–H and O–H groups in total. The van der Waals surface area contributed by atoms with Crippen LogP contribution in [-0.4, -0.2) is 29.0 Å². The summed E-state index contributed by atoms with van der Waals surface area (Å²) in [5, 5.41) is 2.89. The van der Waals surface area contributed by atoms with Gasteiger partial charge < -0.3 is 10.2 Å². The van der Waals surface area contributed by atoms with Gasteiger partial charge in [-0.1, -0.05) is 32.0 Å². The number of hydrogen-bond donors (Lipinski definition) is 1. The van der Waals surface area contributed by atoms with Gasteiger partial charge in [0, 0.05) is 25.0 Å². The smallest absolute Gasteiger partial charge is 0.270 e. The molecule has 5 heteroatoms. The molecule has 0 radical (unpaired) electrons. The molecule has 1 aromatic heterocycles. The minimum atomic E-state index is -0.148. The summed E-state index contributed by atoms with van der Waals surface area (Å²) in [6, 6.07) is 9.89. The summed E-state index contributed by atoms with van der Waals surface area (Å²) >= 11 is 0. The molecule has 0 aliphatic carbocycles. The molecule has 22 heavy (non-hydrogen) atoms. The number of nitrogens with one attached hydrogen (secondary N) is 1. The summed E-state index contributed by atoms with van der Waals surface area (Å²) in [4.78, 5) is 23.0. The highest BCUT2D eigenvalue weighted by Crippen LogP contribution is 2.31. The van der Waals surface area contributed by atoms with E-state index < -0.39 is 0 Å². The number of carbonyl (C=O) groups is 1. The lowest BCUT2D eigenvalue weighted by Gasteiger charge is -2.17. The summed E-state index contributed by atoms with van der Waals surface area (Å²) < 4.78 is 0. The number of anilines is 2. The second-order valence-corrected chi connectivity index (χ2v) is 5.88. The molecular weight excluding hydrogens is 276 g/mol. The molecular formula is C17H20N4O. The van der Waals surface area contributed by atoms with Crippen LogP contribution >= 0.6 is 0 Å². The number of amides is 1. The summed E-state index contributed by atoms with van der Waals surface area (Å²) in [6.07, 6.45) is 2.62. The SMILES string of the molecule is CC(C)CNC(=O)c1ccnc(N2CCc3ccccc32)n1. The highest BCUT2D eigenvalue weighted by molar-refractivity contribution is 5.92. The van der Waals surface area contributed by atoms with Crippen molar-refractivity contribution in [2.24, 2.45) is 5.92 Å². The highest BCUT2D eigenvalue weighted by atomic mass is 16.1. The van der Waals surface area contributed by atoms with E-state index in [9.17, 15) is 4.79 Å². The Morgan fingerprint density at radius 3 is 2.95 bits per heavy atom. The molecule has 2 aromatic rings. The molecule has 3 rings (SSSR count). The van der Waals surface area contributed by atoms with E-state index in [-0.39, 0.29) is 5.91 Å². The third-order valence-corrected chi connectivity index (χ3v) is 3.67. The second kappa shape index (κ2) is 6.13. The molecule has 0 atom stereocenters. The molecule has 5 nitrogen and oxygen atoms in total. The van der Waals surface area contributed by atoms with E-state index >= 15 is 0 Å². The first-order valence-electron chi connectivity index (χ1n) is 7.62. The predicted molar refractivity (Wildman–Crippen MR) is 86.4 cm³/mol. The van der Waals surface area contributed by atoms with Gasteiger partial charge in [0.25, 0.3) is 5.91 Å². The van der Waals surface area contributed by atoms with Gasteiger partial charge in [-0.3, -0.25) is 4.79 Å². The Bertz CT molecular complexity index is 684. The Kier molecular flexibility index (Phi) is 4.04. The highest BCUT2D eigenvalue weighted by Gasteiger charge is 2.22. The van der Waals surface area contributed by atoms with Crippen molar-refractivity contribution in [3.63, 3.8) is 0 Å². The van der Waals surface area contributed by atoms with E-state index in [2.05, 4.69) is 46.2 Å². The van der Waals surface area contributed by atoms with Gasteiger partial charge in [-0.2, -0.15) is 0 Å². The van der Waals surface area contributed by atoms with Gasteiger partial charge in [0.15, 0.2) is 0 Å². The van der Waals surface area contributed by atoms with Crippen LogP contribution in [0.1, 0.15) is 29.9 Å². The van der Waals surface area contributed by atoms with Gasteiger partial charge in [0.05, 0.1) is 0 Å². The molecule has 0 bridgehead atoms. The number of benzene rings is 1. The summed E-state index contributed by atoms with van der Waals surface area (Å²) in [5.74, 6) is 0.850. The lowest BCUT2D eigenvalue weighted by atomic mass is 10.2. The summed E-state index contributed by atoms with van der Waals surface area (Å²) in [7, 11) is 0. The largest absolute Gasteiger partial charge is 0.350 e. The number of hydrogen-bond acceptors (Lipinski definition) is 4. The van der Waals surface area contributed by atoms with Gasteiger partial charge in [0.1, 0.15) is 5.69 Å². The maximum Gasteiger partial charge on any atom is 0.270 e. The third kappa shape index (κ3) is 2.93. The van der Waals surface area contributed by atoms with Gasteiger partial charge in [-0.05, 0) is 30.0 Å². The van der Waals surface area contributed by atoms with Crippen LogP contribution in [0.3, 0.4) is 0 Å². The number of fused-ring (bicyclic) bond motifs is 1. The molecule has 1 amide bonds. The fraction of sp³-hybridized carbons (Fsp3) is 0.353. The minimum absolute atomic E-state index is 0.148. The molecule has 2 heterocycles. The molecule has 114 valence electrons. The first-order valence-corrected chi connectivity index (χ1v) is 7.62. The molecule has 0 unspecified atom stereocenters. The van der Waals surface area contributed by atoms with Crippen LogP contribution in [0.4, 0.5) is 11.6 Å². The van der Waals surface area contributed by atoms with Crippen molar-refractivity contribution in [3.8, 4) is 0 Å². The van der Waals surface area contributed by atoms with Crippen molar-refractivity contribution < 1.29 is 4.79 Å². The molecule has 1 aromatic carbocycles. The van der Waals surface area contributed by atoms with E-state index in [0.717, 1.165) is 18.7 Å². The first kappa shape index (κ1) is 14.5. The number of carbonyl (C=O) groups excluding carboxylic acids is 1. The average Bonchev–Trinajstić information content (AvgIpc) is 2.96. The van der Waals surface area contributed by atoms with Crippen LogP contribution in [0, 0.1) is 5.92 Å². The van der Waals surface area contributed by atoms with Crippen LogP contribution in [0.5, 0.6) is 0 Å². The van der Waals surface area contributed by atoms with Crippen LogP contribution < -0.4 is 10.2 Å². The van der Waals surface area contributed by atoms with Crippen LogP contribution in [0.25, 0.3) is 0 Å². The average molecular weight is 296 g/mol. The standard InChI is InChI=1S/C17H20N4O/c1-12(2)11-19-16(22)14-7-9-18-17(20-14)21-10-8-13-5-3-4-6-15(13)21/h3-7,9,12H,8,10-11H2,1-2H3,(H,19,22). The van der Waals surface area contributed by atoms with Crippen molar-refractivity contribution >= 4 is 17.5 Å². The van der Waals surface area contributed by atoms with Crippen LogP contribution in [-0.2, 0) is 6.42 Å². The molecule has 0 saturated carbocycles. The van der Waals surface area contributed by atoms with E-state index in [4.69, 9.17) is 0 Å². The van der Waals surface area contributed by atoms with E-state index in [1.165, 1.54) is 5.56 Å². The monoisotopic (exact) mass is 296 g/mol. The van der Waals surface area contributed by atoms with E-state index in [1.54, 1.807) is 12.3 Å². The normalized spacial score (nSPS) is 13.3.